The van der Waals surface area contributed by atoms with Gasteiger partial charge in [0.1, 0.15) is 5.75 Å². The first kappa shape index (κ1) is 12.0. The van der Waals surface area contributed by atoms with Gasteiger partial charge in [-0.3, -0.25) is 5.32 Å². The summed E-state index contributed by atoms with van der Waals surface area (Å²) in [6.45, 7) is 1.86. The predicted molar refractivity (Wildman–Crippen MR) is 69.0 cm³/mol. The highest BCUT2D eigenvalue weighted by atomic mass is 16.5. The van der Waals surface area contributed by atoms with Crippen molar-refractivity contribution in [3.63, 3.8) is 0 Å². The van der Waals surface area contributed by atoms with Crippen LogP contribution in [0.3, 0.4) is 0 Å². The van der Waals surface area contributed by atoms with Gasteiger partial charge >= 0.3 is 6.03 Å². The molecular formula is C12H14N4O2. The molecule has 2 amide bonds. The van der Waals surface area contributed by atoms with E-state index in [0.29, 0.717) is 11.6 Å². The molecule has 0 bridgehead atoms. The Morgan fingerprint density at radius 2 is 2.00 bits per heavy atom. The van der Waals surface area contributed by atoms with Crippen LogP contribution in [0.25, 0.3) is 0 Å². The molecule has 3 N–H and O–H groups in total. The van der Waals surface area contributed by atoms with Crippen LogP contribution in [0.4, 0.5) is 16.4 Å². The molecule has 0 spiro atoms. The molecule has 18 heavy (non-hydrogen) atoms. The van der Waals surface area contributed by atoms with Crippen LogP contribution in [-0.4, -0.2) is 23.1 Å². The van der Waals surface area contributed by atoms with E-state index in [1.807, 2.05) is 6.92 Å². The SMILES string of the molecule is COc1ccc(NC(=O)Nc2ncc(C)[nH]2)cc1. The molecular weight excluding hydrogens is 232 g/mol. The molecule has 0 unspecified atom stereocenters. The van der Waals surface area contributed by atoms with Crippen LogP contribution in [0.15, 0.2) is 30.5 Å². The van der Waals surface area contributed by atoms with E-state index < -0.39 is 0 Å². The third-order valence-corrected chi connectivity index (χ3v) is 2.28. The lowest BCUT2D eigenvalue weighted by Gasteiger charge is -2.06. The molecule has 0 aliphatic heterocycles. The molecule has 1 aromatic heterocycles. The predicted octanol–water partition coefficient (Wildman–Crippen LogP) is 2.37. The summed E-state index contributed by atoms with van der Waals surface area (Å²) in [6.07, 6.45) is 1.64. The largest absolute Gasteiger partial charge is 0.497 e. The molecule has 1 heterocycles. The number of urea groups is 1. The lowest BCUT2D eigenvalue weighted by molar-refractivity contribution is 0.262. The number of nitrogens with zero attached hydrogens (tertiary/aromatic N) is 1. The molecule has 0 radical (unpaired) electrons. The van der Waals surface area contributed by atoms with Crippen LogP contribution in [-0.2, 0) is 0 Å². The standard InChI is InChI=1S/C12H14N4O2/c1-8-7-13-11(14-8)16-12(17)15-9-3-5-10(18-2)6-4-9/h3-7H,1-2H3,(H3,13,14,15,16,17). The second kappa shape index (κ2) is 5.22. The van der Waals surface area contributed by atoms with Gasteiger partial charge < -0.3 is 15.0 Å². The number of carbonyl (C=O) groups is 1. The highest BCUT2D eigenvalue weighted by Crippen LogP contribution is 2.15. The fourth-order valence-corrected chi connectivity index (χ4v) is 1.42. The third kappa shape index (κ3) is 3.00. The lowest BCUT2D eigenvalue weighted by atomic mass is 10.3. The van der Waals surface area contributed by atoms with Gasteiger partial charge in [-0.1, -0.05) is 0 Å². The molecule has 0 atom stereocenters. The zero-order chi connectivity index (χ0) is 13.0. The third-order valence-electron chi connectivity index (χ3n) is 2.28. The second-order valence-electron chi connectivity index (χ2n) is 3.72. The van der Waals surface area contributed by atoms with Gasteiger partial charge in [-0.2, -0.15) is 0 Å². The maximum atomic E-state index is 11.6. The maximum absolute atomic E-state index is 11.6. The minimum Gasteiger partial charge on any atom is -0.497 e. The molecule has 94 valence electrons. The zero-order valence-electron chi connectivity index (χ0n) is 10.2. The number of benzene rings is 1. The first-order valence-corrected chi connectivity index (χ1v) is 5.41. The minimum atomic E-state index is -0.352. The van der Waals surface area contributed by atoms with Gasteiger partial charge in [0.2, 0.25) is 5.95 Å². The number of methoxy groups -OCH3 is 1. The molecule has 6 nitrogen and oxygen atoms in total. The molecule has 2 aromatic rings. The Morgan fingerprint density at radius 1 is 1.28 bits per heavy atom. The molecule has 0 saturated carbocycles. The number of nitrogens with one attached hydrogen (secondary N) is 3. The van der Waals surface area contributed by atoms with Gasteiger partial charge in [-0.25, -0.2) is 9.78 Å². The van der Waals surface area contributed by atoms with Crippen molar-refractivity contribution in [3.05, 3.63) is 36.2 Å². The number of aromatic amines is 1. The van der Waals surface area contributed by atoms with Crippen molar-refractivity contribution in [1.82, 2.24) is 9.97 Å². The second-order valence-corrected chi connectivity index (χ2v) is 3.72. The number of aryl methyl sites for hydroxylation is 1. The molecule has 0 fully saturated rings. The normalized spacial score (nSPS) is 9.89. The summed E-state index contributed by atoms with van der Waals surface area (Å²) in [7, 11) is 1.59. The van der Waals surface area contributed by atoms with Crippen molar-refractivity contribution in [1.29, 1.82) is 0 Å². The van der Waals surface area contributed by atoms with Gasteiger partial charge in [0.25, 0.3) is 0 Å². The Kier molecular flexibility index (Phi) is 3.47. The molecule has 0 saturated heterocycles. The average Bonchev–Trinajstić information content (AvgIpc) is 2.75. The number of hydrogen-bond donors (Lipinski definition) is 3. The molecule has 1 aromatic carbocycles. The van der Waals surface area contributed by atoms with Crippen molar-refractivity contribution >= 4 is 17.7 Å². The van der Waals surface area contributed by atoms with Crippen molar-refractivity contribution < 1.29 is 9.53 Å². The summed E-state index contributed by atoms with van der Waals surface area (Å²) < 4.78 is 5.03. The Balaban J connectivity index is 1.94. The number of ether oxygens (including phenoxy) is 1. The van der Waals surface area contributed by atoms with E-state index in [1.54, 1.807) is 37.6 Å². The van der Waals surface area contributed by atoms with Gasteiger partial charge in [0.15, 0.2) is 0 Å². The van der Waals surface area contributed by atoms with Crippen molar-refractivity contribution in [2.24, 2.45) is 0 Å². The highest BCUT2D eigenvalue weighted by Gasteiger charge is 2.04. The van der Waals surface area contributed by atoms with E-state index in [9.17, 15) is 4.79 Å². The quantitative estimate of drug-likeness (QED) is 0.777. The summed E-state index contributed by atoms with van der Waals surface area (Å²) in [4.78, 5) is 18.5. The van der Waals surface area contributed by atoms with Crippen molar-refractivity contribution in [2.75, 3.05) is 17.7 Å². The lowest BCUT2D eigenvalue weighted by Crippen LogP contribution is -2.20. The van der Waals surface area contributed by atoms with Gasteiger partial charge in [-0.05, 0) is 31.2 Å². The topological polar surface area (TPSA) is 79.0 Å². The molecule has 6 heteroatoms. The van der Waals surface area contributed by atoms with Gasteiger partial charge in [-0.15, -0.1) is 0 Å². The Hall–Kier alpha value is -2.50. The van der Waals surface area contributed by atoms with Gasteiger partial charge in [0.05, 0.1) is 7.11 Å². The number of amides is 2. The van der Waals surface area contributed by atoms with E-state index in [-0.39, 0.29) is 6.03 Å². The number of carbonyl (C=O) groups excluding carboxylic acids is 1. The van der Waals surface area contributed by atoms with Crippen molar-refractivity contribution in [3.8, 4) is 5.75 Å². The van der Waals surface area contributed by atoms with Crippen molar-refractivity contribution in [2.45, 2.75) is 6.92 Å². The summed E-state index contributed by atoms with van der Waals surface area (Å²) in [6, 6.07) is 6.70. The summed E-state index contributed by atoms with van der Waals surface area (Å²) in [5.74, 6) is 1.15. The van der Waals surface area contributed by atoms with Gasteiger partial charge in [0, 0.05) is 17.6 Å². The average molecular weight is 246 g/mol. The van der Waals surface area contributed by atoms with E-state index in [1.165, 1.54) is 0 Å². The number of imidazole rings is 1. The maximum Gasteiger partial charge on any atom is 0.326 e. The van der Waals surface area contributed by atoms with Crippen LogP contribution < -0.4 is 15.4 Å². The van der Waals surface area contributed by atoms with Crippen LogP contribution in [0, 0.1) is 6.92 Å². The first-order valence-electron chi connectivity index (χ1n) is 5.41. The number of H-pyrrole nitrogens is 1. The number of anilines is 2. The smallest absolute Gasteiger partial charge is 0.326 e. The molecule has 2 rings (SSSR count). The van der Waals surface area contributed by atoms with Crippen LogP contribution in [0.5, 0.6) is 5.75 Å². The van der Waals surface area contributed by atoms with E-state index in [2.05, 4.69) is 20.6 Å². The molecule has 0 aliphatic carbocycles. The summed E-state index contributed by atoms with van der Waals surface area (Å²) in [5.41, 5.74) is 1.56. The fourth-order valence-electron chi connectivity index (χ4n) is 1.42. The number of aromatic nitrogens is 2. The van der Waals surface area contributed by atoms with E-state index in [0.717, 1.165) is 11.4 Å². The van der Waals surface area contributed by atoms with Crippen LogP contribution in [0.1, 0.15) is 5.69 Å². The Labute approximate surface area is 104 Å². The zero-order valence-corrected chi connectivity index (χ0v) is 10.2. The number of rotatable bonds is 3. The van der Waals surface area contributed by atoms with E-state index >= 15 is 0 Å². The number of hydrogen-bond acceptors (Lipinski definition) is 3. The minimum absolute atomic E-state index is 0.352. The summed E-state index contributed by atoms with van der Waals surface area (Å²) >= 11 is 0. The molecule has 0 aliphatic rings. The Bertz CT molecular complexity index is 533. The first-order chi connectivity index (χ1) is 8.67. The monoisotopic (exact) mass is 246 g/mol. The highest BCUT2D eigenvalue weighted by molar-refractivity contribution is 5.98. The van der Waals surface area contributed by atoms with E-state index in [4.69, 9.17) is 4.74 Å². The fraction of sp³-hybridized carbons (Fsp3) is 0.167. The summed E-state index contributed by atoms with van der Waals surface area (Å²) in [5, 5.41) is 5.28. The van der Waals surface area contributed by atoms with Crippen LogP contribution in [0.2, 0.25) is 0 Å². The van der Waals surface area contributed by atoms with Crippen LogP contribution >= 0.6 is 0 Å². The Morgan fingerprint density at radius 3 is 2.56 bits per heavy atom.